The summed E-state index contributed by atoms with van der Waals surface area (Å²) < 4.78 is 0. The number of aromatic nitrogens is 2. The molecule has 1 heterocycles. The fraction of sp³-hybridized carbons (Fsp3) is 0.200. The molecule has 0 atom stereocenters. The summed E-state index contributed by atoms with van der Waals surface area (Å²) in [5, 5.41) is 2.54. The van der Waals surface area contributed by atoms with E-state index in [1.807, 2.05) is 25.3 Å². The summed E-state index contributed by atoms with van der Waals surface area (Å²) >= 11 is 13.6. The van der Waals surface area contributed by atoms with E-state index in [-0.39, 0.29) is 0 Å². The molecular formula is C10H8Cl2N2S. The molecule has 15 heavy (non-hydrogen) atoms. The number of halogens is 2. The summed E-state index contributed by atoms with van der Waals surface area (Å²) in [5.74, 6) is 0. The highest BCUT2D eigenvalue weighted by Crippen LogP contribution is 2.30. The summed E-state index contributed by atoms with van der Waals surface area (Å²) in [4.78, 5) is 8.53. The average molecular weight is 259 g/mol. The highest BCUT2D eigenvalue weighted by Gasteiger charge is 2.10. The van der Waals surface area contributed by atoms with Crippen LogP contribution in [0.2, 0.25) is 10.2 Å². The molecule has 1 aromatic heterocycles. The van der Waals surface area contributed by atoms with Crippen molar-refractivity contribution in [3.8, 4) is 0 Å². The molecule has 78 valence electrons. The van der Waals surface area contributed by atoms with Crippen molar-refractivity contribution in [2.75, 3.05) is 6.26 Å². The van der Waals surface area contributed by atoms with Gasteiger partial charge < -0.3 is 0 Å². The van der Waals surface area contributed by atoms with Crippen LogP contribution in [0.4, 0.5) is 0 Å². The lowest BCUT2D eigenvalue weighted by Gasteiger charge is -2.06. The predicted molar refractivity (Wildman–Crippen MR) is 66.1 cm³/mol. The molecule has 5 heteroatoms. The highest BCUT2D eigenvalue weighted by atomic mass is 35.5. The molecule has 2 aromatic rings. The minimum Gasteiger partial charge on any atom is -0.221 e. The fourth-order valence-corrected chi connectivity index (χ4v) is 2.32. The lowest BCUT2D eigenvalue weighted by Crippen LogP contribution is -1.92. The van der Waals surface area contributed by atoms with Crippen LogP contribution in [0.1, 0.15) is 5.56 Å². The Hall–Kier alpha value is -0.510. The van der Waals surface area contributed by atoms with Crippen LogP contribution in [-0.2, 0) is 0 Å². The van der Waals surface area contributed by atoms with Crippen LogP contribution >= 0.6 is 35.0 Å². The van der Waals surface area contributed by atoms with Crippen molar-refractivity contribution in [1.82, 2.24) is 9.97 Å². The van der Waals surface area contributed by atoms with Crippen LogP contribution in [-0.4, -0.2) is 16.2 Å². The second-order valence-electron chi connectivity index (χ2n) is 3.09. The molecule has 0 bridgehead atoms. The van der Waals surface area contributed by atoms with Crippen LogP contribution < -0.4 is 0 Å². The van der Waals surface area contributed by atoms with Gasteiger partial charge in [0.15, 0.2) is 5.16 Å². The summed E-state index contributed by atoms with van der Waals surface area (Å²) in [5.41, 5.74) is 1.76. The quantitative estimate of drug-likeness (QED) is 0.440. The maximum absolute atomic E-state index is 6.10. The van der Waals surface area contributed by atoms with Crippen molar-refractivity contribution in [3.63, 3.8) is 0 Å². The van der Waals surface area contributed by atoms with E-state index in [4.69, 9.17) is 23.2 Å². The predicted octanol–water partition coefficient (Wildman–Crippen LogP) is 3.97. The minimum absolute atomic E-state index is 0.462. The standard InChI is InChI=1S/C10H8Cl2N2S/c1-5-3-4-6(11)8-7(5)9(12)14-10(13-8)15-2/h3-4H,1-2H3. The van der Waals surface area contributed by atoms with E-state index in [1.165, 1.54) is 11.8 Å². The topological polar surface area (TPSA) is 25.8 Å². The van der Waals surface area contributed by atoms with E-state index >= 15 is 0 Å². The fourth-order valence-electron chi connectivity index (χ4n) is 1.39. The summed E-state index contributed by atoms with van der Waals surface area (Å²) in [7, 11) is 0. The van der Waals surface area contributed by atoms with Crippen molar-refractivity contribution < 1.29 is 0 Å². The van der Waals surface area contributed by atoms with Crippen molar-refractivity contribution in [1.29, 1.82) is 0 Å². The van der Waals surface area contributed by atoms with Crippen LogP contribution in [0.25, 0.3) is 10.9 Å². The van der Waals surface area contributed by atoms with Gasteiger partial charge in [0.2, 0.25) is 0 Å². The Kier molecular flexibility index (Phi) is 3.05. The van der Waals surface area contributed by atoms with Gasteiger partial charge in [0.25, 0.3) is 0 Å². The number of nitrogens with zero attached hydrogens (tertiary/aromatic N) is 2. The lowest BCUT2D eigenvalue weighted by molar-refractivity contribution is 1.01. The summed E-state index contributed by atoms with van der Waals surface area (Å²) in [6.45, 7) is 1.96. The highest BCUT2D eigenvalue weighted by molar-refractivity contribution is 7.98. The van der Waals surface area contributed by atoms with Crippen LogP contribution in [0, 0.1) is 6.92 Å². The molecule has 1 aromatic carbocycles. The zero-order valence-corrected chi connectivity index (χ0v) is 10.5. The lowest BCUT2D eigenvalue weighted by atomic mass is 10.1. The number of thioether (sulfide) groups is 1. The average Bonchev–Trinajstić information content (AvgIpc) is 2.23. The molecule has 0 aliphatic rings. The molecule has 2 nitrogen and oxygen atoms in total. The molecule has 2 rings (SSSR count). The molecule has 0 aliphatic carbocycles. The molecule has 0 spiro atoms. The Morgan fingerprint density at radius 3 is 2.60 bits per heavy atom. The number of fused-ring (bicyclic) bond motifs is 1. The third kappa shape index (κ3) is 1.92. The summed E-state index contributed by atoms with van der Waals surface area (Å²) in [6.07, 6.45) is 1.90. The van der Waals surface area contributed by atoms with Crippen molar-refractivity contribution in [2.24, 2.45) is 0 Å². The zero-order valence-electron chi connectivity index (χ0n) is 8.21. The number of hydrogen-bond acceptors (Lipinski definition) is 3. The van der Waals surface area contributed by atoms with E-state index in [0.717, 1.165) is 16.5 Å². The largest absolute Gasteiger partial charge is 0.221 e. The number of hydrogen-bond donors (Lipinski definition) is 0. The minimum atomic E-state index is 0.462. The SMILES string of the molecule is CSc1nc(Cl)c2c(C)ccc(Cl)c2n1. The molecular weight excluding hydrogens is 251 g/mol. The van der Waals surface area contributed by atoms with E-state index in [2.05, 4.69) is 9.97 Å². The molecule has 0 saturated carbocycles. The smallest absolute Gasteiger partial charge is 0.189 e. The first-order valence-electron chi connectivity index (χ1n) is 4.30. The van der Waals surface area contributed by atoms with E-state index in [1.54, 1.807) is 0 Å². The Labute approximate surface area is 102 Å². The first-order chi connectivity index (χ1) is 7.13. The molecule has 0 aliphatic heterocycles. The summed E-state index contributed by atoms with van der Waals surface area (Å²) in [6, 6.07) is 3.74. The van der Waals surface area contributed by atoms with Gasteiger partial charge in [0, 0.05) is 5.39 Å². The van der Waals surface area contributed by atoms with Crippen LogP contribution in [0.3, 0.4) is 0 Å². The molecule has 0 unspecified atom stereocenters. The first-order valence-corrected chi connectivity index (χ1v) is 6.28. The van der Waals surface area contributed by atoms with E-state index in [0.29, 0.717) is 15.3 Å². The number of aryl methyl sites for hydroxylation is 1. The van der Waals surface area contributed by atoms with Gasteiger partial charge in [-0.15, -0.1) is 0 Å². The third-order valence-electron chi connectivity index (χ3n) is 2.13. The molecule has 0 saturated heterocycles. The maximum Gasteiger partial charge on any atom is 0.189 e. The van der Waals surface area contributed by atoms with Gasteiger partial charge in [-0.25, -0.2) is 9.97 Å². The Balaban J connectivity index is 2.90. The Bertz CT molecular complexity index is 528. The second-order valence-corrected chi connectivity index (χ2v) is 4.63. The van der Waals surface area contributed by atoms with Crippen molar-refractivity contribution >= 4 is 45.9 Å². The number of benzene rings is 1. The third-order valence-corrected chi connectivity index (χ3v) is 3.25. The van der Waals surface area contributed by atoms with E-state index in [9.17, 15) is 0 Å². The molecule has 0 radical (unpaired) electrons. The first kappa shape index (κ1) is 11.0. The maximum atomic E-state index is 6.10. The van der Waals surface area contributed by atoms with E-state index < -0.39 is 0 Å². The van der Waals surface area contributed by atoms with Crippen LogP contribution in [0.15, 0.2) is 17.3 Å². The van der Waals surface area contributed by atoms with Gasteiger partial charge in [0.05, 0.1) is 10.5 Å². The molecule has 0 fully saturated rings. The van der Waals surface area contributed by atoms with Crippen molar-refractivity contribution in [3.05, 3.63) is 27.9 Å². The molecule has 0 amide bonds. The van der Waals surface area contributed by atoms with Gasteiger partial charge in [-0.05, 0) is 24.8 Å². The Morgan fingerprint density at radius 2 is 1.93 bits per heavy atom. The Morgan fingerprint density at radius 1 is 1.20 bits per heavy atom. The monoisotopic (exact) mass is 258 g/mol. The van der Waals surface area contributed by atoms with Gasteiger partial charge in [0.1, 0.15) is 5.15 Å². The van der Waals surface area contributed by atoms with Gasteiger partial charge >= 0.3 is 0 Å². The normalized spacial score (nSPS) is 10.9. The molecule has 0 N–H and O–H groups in total. The second kappa shape index (κ2) is 4.16. The van der Waals surface area contributed by atoms with Crippen molar-refractivity contribution in [2.45, 2.75) is 12.1 Å². The zero-order chi connectivity index (χ0) is 11.0. The van der Waals surface area contributed by atoms with Gasteiger partial charge in [-0.3, -0.25) is 0 Å². The number of rotatable bonds is 1. The van der Waals surface area contributed by atoms with Gasteiger partial charge in [-0.2, -0.15) is 0 Å². The van der Waals surface area contributed by atoms with Crippen LogP contribution in [0.5, 0.6) is 0 Å². The van der Waals surface area contributed by atoms with Gasteiger partial charge in [-0.1, -0.05) is 41.0 Å².